The van der Waals surface area contributed by atoms with E-state index in [-0.39, 0.29) is 11.4 Å². The Morgan fingerprint density at radius 3 is 2.76 bits per heavy atom. The van der Waals surface area contributed by atoms with Crippen molar-refractivity contribution in [2.24, 2.45) is 0 Å². The van der Waals surface area contributed by atoms with Crippen LogP contribution in [0.25, 0.3) is 5.76 Å². The van der Waals surface area contributed by atoms with Crippen LogP contribution in [0.1, 0.15) is 43.6 Å². The molecule has 0 amide bonds. The summed E-state index contributed by atoms with van der Waals surface area (Å²) in [6, 6.07) is 1.85. The summed E-state index contributed by atoms with van der Waals surface area (Å²) in [4.78, 5) is 26.0. The summed E-state index contributed by atoms with van der Waals surface area (Å²) in [6.07, 6.45) is 10.7. The molecule has 4 nitrogen and oxygen atoms in total. The van der Waals surface area contributed by atoms with E-state index in [4.69, 9.17) is 9.47 Å². The lowest BCUT2D eigenvalue weighted by atomic mass is 9.95. The average molecular weight is 360 g/mol. The maximum atomic E-state index is 12.9. The molecule has 1 aromatic heterocycles. The predicted octanol–water partition coefficient (Wildman–Crippen LogP) is 4.60. The summed E-state index contributed by atoms with van der Waals surface area (Å²) in [6.45, 7) is 5.74. The summed E-state index contributed by atoms with van der Waals surface area (Å²) in [5.41, 5.74) is -0.469. The average Bonchev–Trinajstić information content (AvgIpc) is 3.12. The van der Waals surface area contributed by atoms with Gasteiger partial charge in [-0.25, -0.2) is 4.79 Å². The topological polar surface area (TPSA) is 52.6 Å². The van der Waals surface area contributed by atoms with Crippen LogP contribution in [0.4, 0.5) is 0 Å². The molecule has 25 heavy (non-hydrogen) atoms. The molecule has 2 heterocycles. The lowest BCUT2D eigenvalue weighted by Gasteiger charge is -2.19. The van der Waals surface area contributed by atoms with Crippen LogP contribution in [0, 0.1) is 6.92 Å². The number of Topliss-reactive ketones (excluding diaryl/α,β-unsaturated/α-hetero) is 1. The number of allylic oxidation sites excluding steroid dienone is 3. The summed E-state index contributed by atoms with van der Waals surface area (Å²) in [5.74, 6) is -0.739. The van der Waals surface area contributed by atoms with E-state index in [0.717, 1.165) is 29.7 Å². The fourth-order valence-corrected chi connectivity index (χ4v) is 3.30. The van der Waals surface area contributed by atoms with E-state index in [1.54, 1.807) is 19.1 Å². The van der Waals surface area contributed by atoms with Gasteiger partial charge >= 0.3 is 5.97 Å². The molecule has 1 aromatic rings. The maximum Gasteiger partial charge on any atom is 0.345 e. The SMILES string of the molecule is CCCC/C=C/C=C/[C@@]1(C)OC(c2ccsc2C)=C(C(=O)OC)C1=O. The molecule has 2 rings (SSSR count). The lowest BCUT2D eigenvalue weighted by Crippen LogP contribution is -2.32. The van der Waals surface area contributed by atoms with Crippen molar-refractivity contribution < 1.29 is 19.1 Å². The van der Waals surface area contributed by atoms with Crippen molar-refractivity contribution in [2.45, 2.75) is 45.6 Å². The number of hydrogen-bond donors (Lipinski definition) is 0. The fraction of sp³-hybridized carbons (Fsp3) is 0.400. The summed E-state index contributed by atoms with van der Waals surface area (Å²) < 4.78 is 10.8. The van der Waals surface area contributed by atoms with Gasteiger partial charge in [0, 0.05) is 10.4 Å². The van der Waals surface area contributed by atoms with Gasteiger partial charge in [0.25, 0.3) is 0 Å². The first-order valence-electron chi connectivity index (χ1n) is 8.39. The Balaban J connectivity index is 2.30. The molecule has 134 valence electrons. The van der Waals surface area contributed by atoms with Gasteiger partial charge in [-0.05, 0) is 37.8 Å². The van der Waals surface area contributed by atoms with Gasteiger partial charge < -0.3 is 9.47 Å². The second-order valence-corrected chi connectivity index (χ2v) is 7.17. The molecule has 1 aliphatic heterocycles. The number of aryl methyl sites for hydroxylation is 1. The third-order valence-electron chi connectivity index (χ3n) is 4.10. The first kappa shape index (κ1) is 19.2. The molecule has 0 spiro atoms. The van der Waals surface area contributed by atoms with Gasteiger partial charge in [0.05, 0.1) is 7.11 Å². The van der Waals surface area contributed by atoms with Crippen LogP contribution in [-0.2, 0) is 19.1 Å². The molecule has 1 atom stereocenters. The summed E-state index contributed by atoms with van der Waals surface area (Å²) in [7, 11) is 1.27. The Hall–Kier alpha value is -2.14. The van der Waals surface area contributed by atoms with Crippen LogP contribution < -0.4 is 0 Å². The van der Waals surface area contributed by atoms with Crippen molar-refractivity contribution in [3.05, 3.63) is 51.8 Å². The minimum absolute atomic E-state index is 0.0221. The molecule has 0 saturated carbocycles. The normalized spacial score (nSPS) is 20.7. The highest BCUT2D eigenvalue weighted by Crippen LogP contribution is 2.40. The van der Waals surface area contributed by atoms with Gasteiger partial charge in [-0.15, -0.1) is 11.3 Å². The smallest absolute Gasteiger partial charge is 0.345 e. The molecule has 0 bridgehead atoms. The lowest BCUT2D eigenvalue weighted by molar-refractivity contribution is -0.138. The van der Waals surface area contributed by atoms with Crippen molar-refractivity contribution in [2.75, 3.05) is 7.11 Å². The second kappa shape index (κ2) is 8.30. The van der Waals surface area contributed by atoms with E-state index >= 15 is 0 Å². The van der Waals surface area contributed by atoms with Crippen LogP contribution >= 0.6 is 11.3 Å². The Bertz CT molecular complexity index is 739. The molecule has 0 aromatic carbocycles. The Labute approximate surface area is 152 Å². The largest absolute Gasteiger partial charge is 0.474 e. The zero-order valence-electron chi connectivity index (χ0n) is 15.1. The number of ketones is 1. The highest BCUT2D eigenvalue weighted by Gasteiger charge is 2.47. The fourth-order valence-electron chi connectivity index (χ4n) is 2.60. The quantitative estimate of drug-likeness (QED) is 0.309. The molecule has 0 saturated heterocycles. The number of carbonyl (C=O) groups is 2. The molecule has 0 aliphatic carbocycles. The van der Waals surface area contributed by atoms with E-state index in [2.05, 4.69) is 13.0 Å². The van der Waals surface area contributed by atoms with Crippen molar-refractivity contribution in [3.63, 3.8) is 0 Å². The van der Waals surface area contributed by atoms with Crippen LogP contribution in [0.3, 0.4) is 0 Å². The zero-order chi connectivity index (χ0) is 18.4. The van der Waals surface area contributed by atoms with Gasteiger partial charge in [-0.1, -0.05) is 38.0 Å². The Kier molecular flexibility index (Phi) is 6.37. The molecule has 0 N–H and O–H groups in total. The number of esters is 1. The monoisotopic (exact) mass is 360 g/mol. The minimum atomic E-state index is -1.21. The van der Waals surface area contributed by atoms with Crippen LogP contribution in [-0.4, -0.2) is 24.5 Å². The van der Waals surface area contributed by atoms with Gasteiger partial charge in [-0.2, -0.15) is 0 Å². The van der Waals surface area contributed by atoms with E-state index in [1.165, 1.54) is 18.4 Å². The Morgan fingerprint density at radius 1 is 1.40 bits per heavy atom. The van der Waals surface area contributed by atoms with Crippen molar-refractivity contribution >= 4 is 28.8 Å². The van der Waals surface area contributed by atoms with Crippen molar-refractivity contribution in [1.82, 2.24) is 0 Å². The molecule has 0 unspecified atom stereocenters. The van der Waals surface area contributed by atoms with E-state index in [0.29, 0.717) is 5.76 Å². The first-order valence-corrected chi connectivity index (χ1v) is 9.27. The Morgan fingerprint density at radius 2 is 2.16 bits per heavy atom. The van der Waals surface area contributed by atoms with Gasteiger partial charge in [0.2, 0.25) is 5.78 Å². The number of thiophene rings is 1. The summed E-state index contributed by atoms with van der Waals surface area (Å²) in [5, 5.41) is 1.91. The molecular weight excluding hydrogens is 336 g/mol. The third-order valence-corrected chi connectivity index (χ3v) is 4.94. The first-order chi connectivity index (χ1) is 11.9. The second-order valence-electron chi connectivity index (χ2n) is 6.05. The number of rotatable bonds is 7. The zero-order valence-corrected chi connectivity index (χ0v) is 15.9. The van der Waals surface area contributed by atoms with Crippen molar-refractivity contribution in [3.8, 4) is 0 Å². The third kappa shape index (κ3) is 4.10. The highest BCUT2D eigenvalue weighted by molar-refractivity contribution is 7.10. The van der Waals surface area contributed by atoms with E-state index in [1.807, 2.05) is 24.4 Å². The van der Waals surface area contributed by atoms with Crippen LogP contribution in [0.2, 0.25) is 0 Å². The van der Waals surface area contributed by atoms with E-state index < -0.39 is 11.6 Å². The van der Waals surface area contributed by atoms with Gasteiger partial charge in [0.1, 0.15) is 11.3 Å². The van der Waals surface area contributed by atoms with Gasteiger partial charge in [-0.3, -0.25) is 4.79 Å². The molecule has 0 fully saturated rings. The van der Waals surface area contributed by atoms with E-state index in [9.17, 15) is 9.59 Å². The van der Waals surface area contributed by atoms with Crippen molar-refractivity contribution in [1.29, 1.82) is 0 Å². The van der Waals surface area contributed by atoms with Gasteiger partial charge in [0.15, 0.2) is 5.60 Å². The maximum absolute atomic E-state index is 12.9. The predicted molar refractivity (Wildman–Crippen MR) is 100 cm³/mol. The standard InChI is InChI=1S/C20H24O4S/c1-5-6-7-8-9-10-12-20(3)18(21)16(19(22)23-4)17(24-20)15-11-13-25-14(15)2/h8-13H,5-7H2,1-4H3/b9-8+,12-10+/t20-/m1/s1. The molecule has 5 heteroatoms. The molecule has 1 aliphatic rings. The van der Waals surface area contributed by atoms with Crippen LogP contribution in [0.5, 0.6) is 0 Å². The highest BCUT2D eigenvalue weighted by atomic mass is 32.1. The molecular formula is C20H24O4S. The summed E-state index contributed by atoms with van der Waals surface area (Å²) >= 11 is 1.54. The number of hydrogen-bond acceptors (Lipinski definition) is 5. The van der Waals surface area contributed by atoms with Crippen LogP contribution in [0.15, 0.2) is 41.3 Å². The number of carbonyl (C=O) groups excluding carboxylic acids is 2. The minimum Gasteiger partial charge on any atom is -0.474 e. The molecule has 0 radical (unpaired) electrons. The number of methoxy groups -OCH3 is 1. The number of ether oxygens (including phenoxy) is 2. The number of unbranched alkanes of at least 4 members (excludes halogenated alkanes) is 2.